The molecule has 110 valence electrons. The molecule has 0 saturated heterocycles. The molecule has 0 spiro atoms. The molecule has 0 amide bonds. The lowest BCUT2D eigenvalue weighted by molar-refractivity contribution is -0.133. The minimum absolute atomic E-state index is 0.493. The second-order valence-electron chi connectivity index (χ2n) is 5.55. The van der Waals surface area contributed by atoms with Gasteiger partial charge in [0.2, 0.25) is 0 Å². The van der Waals surface area contributed by atoms with E-state index in [9.17, 15) is 4.79 Å². The van der Waals surface area contributed by atoms with E-state index in [1.807, 2.05) is 0 Å². The fraction of sp³-hybridized carbons (Fsp3) is 0.250. The normalized spacial score (nSPS) is 12.8. The van der Waals surface area contributed by atoms with E-state index in [0.717, 1.165) is 31.2 Å². The van der Waals surface area contributed by atoms with Crippen LogP contribution in [-0.2, 0) is 35.2 Å². The Kier molecular flexibility index (Phi) is 4.25. The van der Waals surface area contributed by atoms with E-state index >= 15 is 0 Å². The van der Waals surface area contributed by atoms with Gasteiger partial charge in [-0.2, -0.15) is 0 Å². The Labute approximate surface area is 131 Å². The van der Waals surface area contributed by atoms with Crippen LogP contribution in [0.2, 0.25) is 0 Å². The lowest BCUT2D eigenvalue weighted by Gasteiger charge is -2.11. The van der Waals surface area contributed by atoms with Gasteiger partial charge in [-0.25, -0.2) is 4.79 Å². The average molecular weight is 290 g/mol. The zero-order valence-electron chi connectivity index (χ0n) is 12.7. The van der Waals surface area contributed by atoms with Crippen molar-refractivity contribution in [1.29, 1.82) is 0 Å². The first kappa shape index (κ1) is 14.4. The van der Waals surface area contributed by atoms with E-state index in [0.29, 0.717) is 0 Å². The number of rotatable bonds is 0. The van der Waals surface area contributed by atoms with Gasteiger partial charge in [0, 0.05) is 11.5 Å². The molecule has 2 aromatic rings. The van der Waals surface area contributed by atoms with Crippen LogP contribution < -0.4 is 0 Å². The number of carbonyl (C=O) groups excluding carboxylic acids is 1. The van der Waals surface area contributed by atoms with Crippen molar-refractivity contribution in [2.75, 3.05) is 7.11 Å². The van der Waals surface area contributed by atoms with Gasteiger partial charge in [0.05, 0.1) is 7.11 Å². The maximum Gasteiger partial charge on any atom is 0.384 e. The first-order chi connectivity index (χ1) is 10.7. The molecular weight excluding hydrogens is 272 g/mol. The fourth-order valence-corrected chi connectivity index (χ4v) is 2.72. The van der Waals surface area contributed by atoms with Gasteiger partial charge in [0.1, 0.15) is 0 Å². The maximum absolute atomic E-state index is 11.3. The van der Waals surface area contributed by atoms with E-state index in [1.54, 1.807) is 0 Å². The molecule has 4 bridgehead atoms. The zero-order chi connectivity index (χ0) is 15.4. The van der Waals surface area contributed by atoms with Crippen LogP contribution >= 0.6 is 0 Å². The van der Waals surface area contributed by atoms with Crippen LogP contribution in [0.25, 0.3) is 0 Å². The van der Waals surface area contributed by atoms with Crippen molar-refractivity contribution in [3.05, 3.63) is 70.3 Å². The average Bonchev–Trinajstić information content (AvgIpc) is 2.55. The summed E-state index contributed by atoms with van der Waals surface area (Å²) in [4.78, 5) is 11.3. The summed E-state index contributed by atoms with van der Waals surface area (Å²) in [7, 11) is 1.35. The van der Waals surface area contributed by atoms with Crippen LogP contribution in [0.15, 0.2) is 42.5 Å². The van der Waals surface area contributed by atoms with Crippen LogP contribution in [0.3, 0.4) is 0 Å². The molecule has 0 atom stereocenters. The predicted octanol–water partition coefficient (Wildman–Crippen LogP) is 3.09. The Balaban J connectivity index is 1.96. The summed E-state index contributed by atoms with van der Waals surface area (Å²) in [5.41, 5.74) is 6.07. The molecule has 0 aliphatic heterocycles. The van der Waals surface area contributed by atoms with E-state index in [-0.39, 0.29) is 0 Å². The Morgan fingerprint density at radius 2 is 1.50 bits per heavy atom. The topological polar surface area (TPSA) is 26.3 Å². The van der Waals surface area contributed by atoms with Gasteiger partial charge in [0.25, 0.3) is 0 Å². The first-order valence-electron chi connectivity index (χ1n) is 7.54. The molecule has 0 radical (unpaired) electrons. The van der Waals surface area contributed by atoms with Crippen LogP contribution in [-0.4, -0.2) is 13.1 Å². The van der Waals surface area contributed by atoms with Gasteiger partial charge in [0.15, 0.2) is 0 Å². The summed E-state index contributed by atoms with van der Waals surface area (Å²) in [5.74, 6) is 5.03. The summed E-state index contributed by atoms with van der Waals surface area (Å²) in [5, 5.41) is 0. The molecule has 0 fully saturated rings. The minimum Gasteiger partial charge on any atom is -0.459 e. The van der Waals surface area contributed by atoms with Gasteiger partial charge >= 0.3 is 5.97 Å². The summed E-state index contributed by atoms with van der Waals surface area (Å²) < 4.78 is 4.60. The molecule has 4 aliphatic carbocycles. The number of ether oxygens (including phenoxy) is 1. The highest BCUT2D eigenvalue weighted by Gasteiger charge is 2.07. The van der Waals surface area contributed by atoms with Crippen molar-refractivity contribution >= 4 is 5.97 Å². The molecule has 4 aliphatic rings. The monoisotopic (exact) mass is 290 g/mol. The number of benzene rings is 2. The first-order valence-corrected chi connectivity index (χ1v) is 7.54. The van der Waals surface area contributed by atoms with E-state index in [2.05, 4.69) is 59.0 Å². The molecule has 2 heteroatoms. The van der Waals surface area contributed by atoms with Crippen LogP contribution in [0.4, 0.5) is 0 Å². The van der Waals surface area contributed by atoms with Crippen molar-refractivity contribution in [3.63, 3.8) is 0 Å². The summed E-state index contributed by atoms with van der Waals surface area (Å²) in [6, 6.07) is 15.3. The molecular formula is C20H18O2. The van der Waals surface area contributed by atoms with E-state index in [1.165, 1.54) is 29.4 Å². The number of esters is 1. The van der Waals surface area contributed by atoms with Crippen molar-refractivity contribution in [3.8, 4) is 11.8 Å². The number of hydrogen-bond donors (Lipinski definition) is 0. The van der Waals surface area contributed by atoms with Gasteiger partial charge in [-0.1, -0.05) is 42.3 Å². The summed E-state index contributed by atoms with van der Waals surface area (Å²) in [6.45, 7) is 0. The second-order valence-corrected chi connectivity index (χ2v) is 5.55. The van der Waals surface area contributed by atoms with Crippen LogP contribution in [0, 0.1) is 11.8 Å². The van der Waals surface area contributed by atoms with Crippen molar-refractivity contribution in [2.24, 2.45) is 0 Å². The summed E-state index contributed by atoms with van der Waals surface area (Å²) in [6.07, 6.45) is 3.90. The molecule has 0 N–H and O–H groups in total. The van der Waals surface area contributed by atoms with Crippen molar-refractivity contribution < 1.29 is 9.53 Å². The highest BCUT2D eigenvalue weighted by Crippen LogP contribution is 2.18. The van der Waals surface area contributed by atoms with Gasteiger partial charge in [-0.05, 0) is 54.0 Å². The van der Waals surface area contributed by atoms with Crippen molar-refractivity contribution in [2.45, 2.75) is 25.7 Å². The standard InChI is InChI=1S/C20H18O2/c1-22-20(21)13-12-19-14-17-7-6-15-2-4-16(5-3-15)8-10-18(19)11-9-17/h2-5,9,11,14H,6-8,10H2,1H3. The fourth-order valence-electron chi connectivity index (χ4n) is 2.72. The van der Waals surface area contributed by atoms with Gasteiger partial charge in [-0.3, -0.25) is 0 Å². The number of carbonyl (C=O) groups is 1. The molecule has 2 nitrogen and oxygen atoms in total. The Hall–Kier alpha value is -2.53. The smallest absolute Gasteiger partial charge is 0.384 e. The molecule has 6 rings (SSSR count). The number of methoxy groups -OCH3 is 1. The maximum atomic E-state index is 11.3. The minimum atomic E-state index is -0.493. The van der Waals surface area contributed by atoms with E-state index < -0.39 is 5.97 Å². The Bertz CT molecular complexity index is 746. The van der Waals surface area contributed by atoms with Gasteiger partial charge < -0.3 is 4.74 Å². The molecule has 0 aromatic heterocycles. The Morgan fingerprint density at radius 3 is 2.18 bits per heavy atom. The van der Waals surface area contributed by atoms with Crippen LogP contribution in [0.1, 0.15) is 27.8 Å². The van der Waals surface area contributed by atoms with Gasteiger partial charge in [-0.15, -0.1) is 0 Å². The lowest BCUT2D eigenvalue weighted by Crippen LogP contribution is -2.01. The Morgan fingerprint density at radius 1 is 0.909 bits per heavy atom. The molecule has 0 saturated carbocycles. The molecule has 22 heavy (non-hydrogen) atoms. The quantitative estimate of drug-likeness (QED) is 0.550. The number of aryl methyl sites for hydroxylation is 4. The van der Waals surface area contributed by atoms with Crippen molar-refractivity contribution in [1.82, 2.24) is 0 Å². The third-order valence-electron chi connectivity index (χ3n) is 4.07. The second kappa shape index (κ2) is 6.49. The third-order valence-corrected chi connectivity index (χ3v) is 4.07. The zero-order valence-corrected chi connectivity index (χ0v) is 12.7. The summed E-state index contributed by atoms with van der Waals surface area (Å²) >= 11 is 0. The SMILES string of the molecule is COC(=O)C#Cc1cc2ccc1CCc1ccc(cc1)CC2. The molecule has 2 aromatic carbocycles. The third kappa shape index (κ3) is 3.38. The molecule has 0 heterocycles. The highest BCUT2D eigenvalue weighted by molar-refractivity contribution is 5.89. The highest BCUT2D eigenvalue weighted by atomic mass is 16.5. The largest absolute Gasteiger partial charge is 0.459 e. The molecule has 0 unspecified atom stereocenters. The predicted molar refractivity (Wildman–Crippen MR) is 86.6 cm³/mol. The van der Waals surface area contributed by atoms with Crippen LogP contribution in [0.5, 0.6) is 0 Å². The lowest BCUT2D eigenvalue weighted by atomic mass is 9.93. The number of hydrogen-bond acceptors (Lipinski definition) is 2. The van der Waals surface area contributed by atoms with E-state index in [4.69, 9.17) is 0 Å².